The third kappa shape index (κ3) is 5.68. The number of aliphatic hydroxyl groups is 1. The molecule has 1 aliphatic carbocycles. The van der Waals surface area contributed by atoms with Crippen molar-refractivity contribution >= 4 is 0 Å². The largest absolute Gasteiger partial charge is 0.395 e. The Bertz CT molecular complexity index is 229. The van der Waals surface area contributed by atoms with Crippen LogP contribution in [0.25, 0.3) is 0 Å². The second kappa shape index (κ2) is 7.46. The molecule has 1 saturated carbocycles. The minimum absolute atomic E-state index is 0.287. The van der Waals surface area contributed by atoms with Gasteiger partial charge in [0, 0.05) is 25.7 Å². The molecular formula is C15H32N2O. The summed E-state index contributed by atoms with van der Waals surface area (Å²) in [6.07, 6.45) is 3.82. The molecule has 1 fully saturated rings. The smallest absolute Gasteiger partial charge is 0.0558 e. The molecule has 1 aliphatic rings. The van der Waals surface area contributed by atoms with Gasteiger partial charge < -0.3 is 10.4 Å². The molecule has 1 rings (SSSR count). The van der Waals surface area contributed by atoms with Crippen LogP contribution >= 0.6 is 0 Å². The fraction of sp³-hybridized carbons (Fsp3) is 1.00. The Kier molecular flexibility index (Phi) is 6.61. The molecule has 0 heterocycles. The molecule has 0 amide bonds. The summed E-state index contributed by atoms with van der Waals surface area (Å²) < 4.78 is 0. The lowest BCUT2D eigenvalue weighted by atomic mass is 9.86. The van der Waals surface area contributed by atoms with Gasteiger partial charge in [-0.1, -0.05) is 27.7 Å². The summed E-state index contributed by atoms with van der Waals surface area (Å²) in [5.41, 5.74) is 0.326. The van der Waals surface area contributed by atoms with Crippen molar-refractivity contribution in [2.24, 2.45) is 11.3 Å². The van der Waals surface area contributed by atoms with Crippen LogP contribution in [0.15, 0.2) is 0 Å². The Morgan fingerprint density at radius 1 is 1.39 bits per heavy atom. The van der Waals surface area contributed by atoms with Crippen molar-refractivity contribution < 1.29 is 5.11 Å². The normalized spacial score (nSPS) is 19.5. The molecule has 18 heavy (non-hydrogen) atoms. The first-order valence-corrected chi connectivity index (χ1v) is 7.56. The van der Waals surface area contributed by atoms with Gasteiger partial charge in [-0.25, -0.2) is 0 Å². The number of hydrogen-bond acceptors (Lipinski definition) is 3. The highest BCUT2D eigenvalue weighted by Crippen LogP contribution is 2.31. The maximum atomic E-state index is 9.17. The Hall–Kier alpha value is -0.120. The van der Waals surface area contributed by atoms with Crippen LogP contribution in [0.1, 0.15) is 47.0 Å². The van der Waals surface area contributed by atoms with Crippen molar-refractivity contribution in [3.63, 3.8) is 0 Å². The predicted octanol–water partition coefficient (Wildman–Crippen LogP) is 2.10. The average Bonchev–Trinajstić information content (AvgIpc) is 3.12. The first-order chi connectivity index (χ1) is 8.50. The topological polar surface area (TPSA) is 35.5 Å². The molecule has 3 nitrogen and oxygen atoms in total. The summed E-state index contributed by atoms with van der Waals surface area (Å²) in [7, 11) is 0. The van der Waals surface area contributed by atoms with E-state index in [1.165, 1.54) is 19.3 Å². The molecule has 0 bridgehead atoms. The fourth-order valence-electron chi connectivity index (χ4n) is 2.40. The SMILES string of the molecule is CCC(C)(CNCC(C)C)CN(CCO)C1CC1. The van der Waals surface area contributed by atoms with Gasteiger partial charge in [-0.15, -0.1) is 0 Å². The summed E-state index contributed by atoms with van der Waals surface area (Å²) in [5.74, 6) is 0.711. The molecule has 2 N–H and O–H groups in total. The highest BCUT2D eigenvalue weighted by atomic mass is 16.3. The summed E-state index contributed by atoms with van der Waals surface area (Å²) in [6.45, 7) is 13.6. The molecule has 0 aromatic heterocycles. The third-order valence-electron chi connectivity index (χ3n) is 3.99. The van der Waals surface area contributed by atoms with Crippen molar-refractivity contribution in [3.05, 3.63) is 0 Å². The number of aliphatic hydroxyl groups excluding tert-OH is 1. The van der Waals surface area contributed by atoms with Crippen LogP contribution in [-0.2, 0) is 0 Å². The van der Waals surface area contributed by atoms with E-state index in [-0.39, 0.29) is 6.61 Å². The van der Waals surface area contributed by atoms with Gasteiger partial charge in [0.25, 0.3) is 0 Å². The standard InChI is InChI=1S/C15H32N2O/c1-5-15(4,11-16-10-13(2)3)12-17(8-9-18)14-6-7-14/h13-14,16,18H,5-12H2,1-4H3. The van der Waals surface area contributed by atoms with Gasteiger partial charge in [0.2, 0.25) is 0 Å². The Morgan fingerprint density at radius 3 is 2.50 bits per heavy atom. The van der Waals surface area contributed by atoms with Crippen molar-refractivity contribution in [2.45, 2.75) is 53.0 Å². The molecule has 1 unspecified atom stereocenters. The third-order valence-corrected chi connectivity index (χ3v) is 3.99. The maximum absolute atomic E-state index is 9.17. The van der Waals surface area contributed by atoms with Crippen molar-refractivity contribution in [3.8, 4) is 0 Å². The van der Waals surface area contributed by atoms with Gasteiger partial charge in [-0.2, -0.15) is 0 Å². The first kappa shape index (κ1) is 15.9. The van der Waals surface area contributed by atoms with E-state index in [1.54, 1.807) is 0 Å². The van der Waals surface area contributed by atoms with Gasteiger partial charge in [0.1, 0.15) is 0 Å². The summed E-state index contributed by atoms with van der Waals surface area (Å²) in [6, 6.07) is 0.744. The van der Waals surface area contributed by atoms with Gasteiger partial charge in [0.15, 0.2) is 0 Å². The zero-order valence-corrected chi connectivity index (χ0v) is 12.7. The zero-order chi connectivity index (χ0) is 13.6. The molecule has 0 radical (unpaired) electrons. The van der Waals surface area contributed by atoms with E-state index in [1.807, 2.05) is 0 Å². The molecule has 0 aromatic carbocycles. The lowest BCUT2D eigenvalue weighted by Crippen LogP contribution is -2.44. The van der Waals surface area contributed by atoms with E-state index in [0.29, 0.717) is 11.3 Å². The second-order valence-electron chi connectivity index (χ2n) is 6.61. The molecule has 0 spiro atoms. The average molecular weight is 256 g/mol. The molecule has 3 heteroatoms. The van der Waals surface area contributed by atoms with Gasteiger partial charge in [0.05, 0.1) is 6.61 Å². The Labute approximate surface area is 113 Å². The van der Waals surface area contributed by atoms with Gasteiger partial charge in [-0.3, -0.25) is 4.90 Å². The van der Waals surface area contributed by atoms with Crippen LogP contribution in [0.2, 0.25) is 0 Å². The summed E-state index contributed by atoms with van der Waals surface area (Å²) in [4.78, 5) is 2.49. The Balaban J connectivity index is 2.40. The number of rotatable bonds is 10. The van der Waals surface area contributed by atoms with Crippen LogP contribution in [0.4, 0.5) is 0 Å². The zero-order valence-electron chi connectivity index (χ0n) is 12.7. The van der Waals surface area contributed by atoms with Crippen LogP contribution in [-0.4, -0.2) is 48.8 Å². The van der Waals surface area contributed by atoms with Crippen molar-refractivity contribution in [1.29, 1.82) is 0 Å². The lowest BCUT2D eigenvalue weighted by molar-refractivity contribution is 0.122. The fourth-order valence-corrected chi connectivity index (χ4v) is 2.40. The minimum Gasteiger partial charge on any atom is -0.395 e. The van der Waals surface area contributed by atoms with Gasteiger partial charge in [-0.05, 0) is 37.1 Å². The maximum Gasteiger partial charge on any atom is 0.0558 e. The molecule has 0 aromatic rings. The number of nitrogens with one attached hydrogen (secondary N) is 1. The van der Waals surface area contributed by atoms with E-state index in [2.05, 4.69) is 37.9 Å². The van der Waals surface area contributed by atoms with Crippen molar-refractivity contribution in [2.75, 3.05) is 32.8 Å². The van der Waals surface area contributed by atoms with Crippen molar-refractivity contribution in [1.82, 2.24) is 10.2 Å². The van der Waals surface area contributed by atoms with Crippen LogP contribution in [0.3, 0.4) is 0 Å². The summed E-state index contributed by atoms with van der Waals surface area (Å²) in [5, 5.41) is 12.8. The Morgan fingerprint density at radius 2 is 2.06 bits per heavy atom. The van der Waals surface area contributed by atoms with E-state index in [9.17, 15) is 5.11 Å². The number of nitrogens with zero attached hydrogens (tertiary/aromatic N) is 1. The van der Waals surface area contributed by atoms with Crippen LogP contribution < -0.4 is 5.32 Å². The van der Waals surface area contributed by atoms with E-state index in [4.69, 9.17) is 0 Å². The first-order valence-electron chi connectivity index (χ1n) is 7.56. The van der Waals surface area contributed by atoms with Crippen LogP contribution in [0.5, 0.6) is 0 Å². The minimum atomic E-state index is 0.287. The number of hydrogen-bond donors (Lipinski definition) is 2. The molecule has 1 atom stereocenters. The van der Waals surface area contributed by atoms with E-state index >= 15 is 0 Å². The molecular weight excluding hydrogens is 224 g/mol. The molecule has 0 saturated heterocycles. The second-order valence-corrected chi connectivity index (χ2v) is 6.61. The van der Waals surface area contributed by atoms with Gasteiger partial charge >= 0.3 is 0 Å². The van der Waals surface area contributed by atoms with E-state index < -0.39 is 0 Å². The van der Waals surface area contributed by atoms with E-state index in [0.717, 1.165) is 32.2 Å². The lowest BCUT2D eigenvalue weighted by Gasteiger charge is -2.35. The molecule has 0 aliphatic heterocycles. The highest BCUT2D eigenvalue weighted by molar-refractivity contribution is 4.89. The highest BCUT2D eigenvalue weighted by Gasteiger charge is 2.33. The quantitative estimate of drug-likeness (QED) is 0.628. The van der Waals surface area contributed by atoms with Crippen LogP contribution in [0, 0.1) is 11.3 Å². The predicted molar refractivity (Wildman–Crippen MR) is 77.8 cm³/mol. The molecule has 108 valence electrons. The monoisotopic (exact) mass is 256 g/mol. The summed E-state index contributed by atoms with van der Waals surface area (Å²) >= 11 is 0.